The fraction of sp³-hybridized carbons (Fsp3) is 0.130. The summed E-state index contributed by atoms with van der Waals surface area (Å²) in [6.45, 7) is 4.02. The summed E-state index contributed by atoms with van der Waals surface area (Å²) in [6.07, 6.45) is 3.31. The Balaban J connectivity index is 1.60. The van der Waals surface area contributed by atoms with Gasteiger partial charge in [-0.1, -0.05) is 17.8 Å². The topological polar surface area (TPSA) is 116 Å². The van der Waals surface area contributed by atoms with Gasteiger partial charge in [-0.3, -0.25) is 24.5 Å². The van der Waals surface area contributed by atoms with Crippen LogP contribution in [0.25, 0.3) is 17.1 Å². The zero-order valence-electron chi connectivity index (χ0n) is 18.2. The molecular formula is C23H19FN6O3S. The molecule has 2 heterocycles. The Morgan fingerprint density at radius 2 is 1.85 bits per heavy atom. The smallest absolute Gasteiger partial charge is 0.271 e. The Bertz CT molecular complexity index is 1380. The molecule has 1 N–H and O–H groups in total. The van der Waals surface area contributed by atoms with Gasteiger partial charge in [-0.15, -0.1) is 10.2 Å². The molecule has 0 aliphatic carbocycles. The number of nitrogens with one attached hydrogen (secondary N) is 1. The molecule has 0 aliphatic rings. The predicted octanol–water partition coefficient (Wildman–Crippen LogP) is 4.72. The molecule has 0 unspecified atom stereocenters. The molecular weight excluding hydrogens is 459 g/mol. The van der Waals surface area contributed by atoms with E-state index in [9.17, 15) is 19.3 Å². The fourth-order valence-electron chi connectivity index (χ4n) is 3.19. The van der Waals surface area contributed by atoms with Crippen molar-refractivity contribution in [2.75, 3.05) is 11.1 Å². The second-order valence-corrected chi connectivity index (χ2v) is 8.35. The molecule has 34 heavy (non-hydrogen) atoms. The average molecular weight is 479 g/mol. The standard InChI is InChI=1S/C23H19FN6O3S/c1-14-3-4-17(11-15(14)2)29-22(16-7-9-25-10-8-16)27-28-23(29)34-13-21(31)26-20-12-18(30(32)33)5-6-19(20)24/h3-12H,13H2,1-2H3,(H,26,31). The maximum atomic E-state index is 14.0. The van der Waals surface area contributed by atoms with Crippen molar-refractivity contribution >= 4 is 29.0 Å². The number of non-ortho nitro benzene ring substituents is 1. The monoisotopic (exact) mass is 478 g/mol. The zero-order valence-corrected chi connectivity index (χ0v) is 19.0. The number of carbonyl (C=O) groups excluding carboxylic acids is 1. The second kappa shape index (κ2) is 9.79. The molecule has 0 saturated carbocycles. The molecule has 11 heteroatoms. The van der Waals surface area contributed by atoms with Crippen LogP contribution in [0.5, 0.6) is 0 Å². The Morgan fingerprint density at radius 3 is 2.56 bits per heavy atom. The first kappa shape index (κ1) is 23.1. The van der Waals surface area contributed by atoms with Crippen LogP contribution in [0.4, 0.5) is 15.8 Å². The highest BCUT2D eigenvalue weighted by Crippen LogP contribution is 2.29. The van der Waals surface area contributed by atoms with E-state index < -0.39 is 16.6 Å². The van der Waals surface area contributed by atoms with Crippen LogP contribution in [0.2, 0.25) is 0 Å². The summed E-state index contributed by atoms with van der Waals surface area (Å²) in [4.78, 5) is 26.8. The number of nitrogens with zero attached hydrogens (tertiary/aromatic N) is 5. The third-order valence-corrected chi connectivity index (χ3v) is 6.02. The number of aryl methyl sites for hydroxylation is 2. The molecule has 0 saturated heterocycles. The number of thioether (sulfide) groups is 1. The highest BCUT2D eigenvalue weighted by molar-refractivity contribution is 7.99. The minimum absolute atomic E-state index is 0.110. The number of pyridine rings is 1. The summed E-state index contributed by atoms with van der Waals surface area (Å²) < 4.78 is 15.9. The first-order valence-electron chi connectivity index (χ1n) is 10.1. The predicted molar refractivity (Wildman–Crippen MR) is 126 cm³/mol. The van der Waals surface area contributed by atoms with Gasteiger partial charge in [0.15, 0.2) is 11.0 Å². The van der Waals surface area contributed by atoms with Crippen molar-refractivity contribution in [2.45, 2.75) is 19.0 Å². The van der Waals surface area contributed by atoms with Crippen LogP contribution < -0.4 is 5.32 Å². The number of hydrogen-bond donors (Lipinski definition) is 1. The van der Waals surface area contributed by atoms with Crippen molar-refractivity contribution in [1.82, 2.24) is 19.7 Å². The van der Waals surface area contributed by atoms with Gasteiger partial charge in [0.05, 0.1) is 22.1 Å². The molecule has 0 spiro atoms. The molecule has 4 rings (SSSR count). The Labute approximate surface area is 198 Å². The number of amides is 1. The van der Waals surface area contributed by atoms with Gasteiger partial charge in [-0.2, -0.15) is 0 Å². The molecule has 0 radical (unpaired) electrons. The van der Waals surface area contributed by atoms with Crippen LogP contribution in [-0.4, -0.2) is 36.3 Å². The number of hydrogen-bond acceptors (Lipinski definition) is 7. The van der Waals surface area contributed by atoms with Gasteiger partial charge in [0.2, 0.25) is 5.91 Å². The van der Waals surface area contributed by atoms with Gasteiger partial charge in [0.1, 0.15) is 5.82 Å². The SMILES string of the molecule is Cc1ccc(-n2c(SCC(=O)Nc3cc([N+](=O)[O-])ccc3F)nnc2-c2ccncc2)cc1C. The molecule has 0 fully saturated rings. The molecule has 0 atom stereocenters. The van der Waals surface area contributed by atoms with E-state index in [-0.39, 0.29) is 17.1 Å². The quantitative estimate of drug-likeness (QED) is 0.232. The van der Waals surface area contributed by atoms with Crippen molar-refractivity contribution in [3.63, 3.8) is 0 Å². The number of rotatable bonds is 7. The lowest BCUT2D eigenvalue weighted by Gasteiger charge is -2.12. The van der Waals surface area contributed by atoms with Crippen molar-refractivity contribution in [3.8, 4) is 17.1 Å². The number of nitro groups is 1. The van der Waals surface area contributed by atoms with Gasteiger partial charge in [-0.05, 0) is 55.3 Å². The third-order valence-electron chi connectivity index (χ3n) is 5.09. The van der Waals surface area contributed by atoms with Crippen LogP contribution in [0.15, 0.2) is 66.1 Å². The van der Waals surface area contributed by atoms with E-state index in [1.54, 1.807) is 12.4 Å². The van der Waals surface area contributed by atoms with Gasteiger partial charge in [0.25, 0.3) is 5.69 Å². The van der Waals surface area contributed by atoms with E-state index in [4.69, 9.17) is 0 Å². The van der Waals surface area contributed by atoms with E-state index >= 15 is 0 Å². The molecule has 9 nitrogen and oxygen atoms in total. The second-order valence-electron chi connectivity index (χ2n) is 7.40. The number of carbonyl (C=O) groups is 1. The molecule has 0 aliphatic heterocycles. The lowest BCUT2D eigenvalue weighted by molar-refractivity contribution is -0.384. The summed E-state index contributed by atoms with van der Waals surface area (Å²) in [5.41, 5.74) is 3.27. The molecule has 172 valence electrons. The zero-order chi connectivity index (χ0) is 24.2. The van der Waals surface area contributed by atoms with Crippen LogP contribution in [0.1, 0.15) is 11.1 Å². The largest absolute Gasteiger partial charge is 0.323 e. The maximum Gasteiger partial charge on any atom is 0.271 e. The molecule has 2 aromatic heterocycles. The normalized spacial score (nSPS) is 10.8. The summed E-state index contributed by atoms with van der Waals surface area (Å²) in [6, 6.07) is 12.5. The maximum absolute atomic E-state index is 14.0. The first-order valence-corrected chi connectivity index (χ1v) is 11.1. The number of anilines is 1. The number of halogens is 1. The molecule has 0 bridgehead atoms. The van der Waals surface area contributed by atoms with Crippen LogP contribution in [-0.2, 0) is 4.79 Å². The van der Waals surface area contributed by atoms with Gasteiger partial charge < -0.3 is 5.32 Å². The van der Waals surface area contributed by atoms with Gasteiger partial charge >= 0.3 is 0 Å². The summed E-state index contributed by atoms with van der Waals surface area (Å²) in [5, 5.41) is 22.4. The summed E-state index contributed by atoms with van der Waals surface area (Å²) in [5.74, 6) is -0.827. The minimum atomic E-state index is -0.762. The number of nitro benzene ring substituents is 1. The van der Waals surface area contributed by atoms with Crippen molar-refractivity contribution in [2.24, 2.45) is 0 Å². The molecule has 2 aromatic carbocycles. The highest BCUT2D eigenvalue weighted by Gasteiger charge is 2.19. The van der Waals surface area contributed by atoms with Crippen molar-refractivity contribution in [1.29, 1.82) is 0 Å². The Kier molecular flexibility index (Phi) is 6.64. The Hall–Kier alpha value is -4.12. The lowest BCUT2D eigenvalue weighted by Crippen LogP contribution is -2.15. The van der Waals surface area contributed by atoms with Crippen LogP contribution in [0, 0.1) is 29.8 Å². The van der Waals surface area contributed by atoms with E-state index in [0.717, 1.165) is 52.3 Å². The fourth-order valence-corrected chi connectivity index (χ4v) is 3.94. The Morgan fingerprint density at radius 1 is 1.09 bits per heavy atom. The molecule has 1 amide bonds. The van der Waals surface area contributed by atoms with Crippen molar-refractivity contribution < 1.29 is 14.1 Å². The number of aromatic nitrogens is 4. The van der Waals surface area contributed by atoms with E-state index in [1.807, 2.05) is 48.7 Å². The van der Waals surface area contributed by atoms with Crippen molar-refractivity contribution in [3.05, 3.63) is 88.0 Å². The first-order chi connectivity index (χ1) is 16.3. The number of benzene rings is 2. The van der Waals surface area contributed by atoms with E-state index in [2.05, 4.69) is 20.5 Å². The van der Waals surface area contributed by atoms with E-state index in [0.29, 0.717) is 11.0 Å². The van der Waals surface area contributed by atoms with E-state index in [1.165, 1.54) is 0 Å². The van der Waals surface area contributed by atoms with Crippen LogP contribution in [0.3, 0.4) is 0 Å². The molecule has 4 aromatic rings. The minimum Gasteiger partial charge on any atom is -0.323 e. The van der Waals surface area contributed by atoms with Crippen LogP contribution >= 0.6 is 11.8 Å². The summed E-state index contributed by atoms with van der Waals surface area (Å²) in [7, 11) is 0. The van der Waals surface area contributed by atoms with Gasteiger partial charge in [0, 0.05) is 30.1 Å². The highest BCUT2D eigenvalue weighted by atomic mass is 32.2. The summed E-state index contributed by atoms with van der Waals surface area (Å²) >= 11 is 1.12. The average Bonchev–Trinajstić information content (AvgIpc) is 3.25. The van der Waals surface area contributed by atoms with Gasteiger partial charge in [-0.25, -0.2) is 4.39 Å². The third kappa shape index (κ3) is 4.94. The lowest BCUT2D eigenvalue weighted by atomic mass is 10.1.